The zero-order chi connectivity index (χ0) is 15.0. The molecule has 3 aromatic rings. The predicted octanol–water partition coefficient (Wildman–Crippen LogP) is 3.19. The molecule has 0 radical (unpaired) electrons. The maximum absolute atomic E-state index is 13.5. The fourth-order valence-electron chi connectivity index (χ4n) is 2.39. The smallest absolute Gasteiger partial charge is 0.254 e. The third-order valence-corrected chi connectivity index (χ3v) is 3.54. The Balaban J connectivity index is 2.19. The number of nitrogens with zero attached hydrogens (tertiary/aromatic N) is 4. The molecule has 2 aromatic heterocycles. The van der Waals surface area contributed by atoms with E-state index in [-0.39, 0.29) is 5.82 Å². The third kappa shape index (κ3) is 2.33. The highest BCUT2D eigenvalue weighted by atomic mass is 19.1. The average Bonchev–Trinajstić information content (AvgIpc) is 2.91. The van der Waals surface area contributed by atoms with Crippen LogP contribution < -0.4 is 5.32 Å². The molecule has 0 spiro atoms. The number of aryl methyl sites for hydroxylation is 2. The third-order valence-electron chi connectivity index (χ3n) is 3.54. The lowest BCUT2D eigenvalue weighted by molar-refractivity contribution is 0.628. The number of fused-ring (bicyclic) bond motifs is 1. The van der Waals surface area contributed by atoms with Crippen molar-refractivity contribution < 1.29 is 4.39 Å². The summed E-state index contributed by atoms with van der Waals surface area (Å²) in [6.45, 7) is 5.92. The van der Waals surface area contributed by atoms with E-state index in [1.54, 1.807) is 10.6 Å². The fraction of sp³-hybridized carbons (Fsp3) is 0.267. The van der Waals surface area contributed by atoms with Crippen LogP contribution in [0, 0.1) is 19.7 Å². The first-order chi connectivity index (χ1) is 10.1. The van der Waals surface area contributed by atoms with Crippen molar-refractivity contribution in [3.63, 3.8) is 0 Å². The number of benzene rings is 1. The van der Waals surface area contributed by atoms with Gasteiger partial charge in [-0.3, -0.25) is 0 Å². The van der Waals surface area contributed by atoms with Gasteiger partial charge in [0.15, 0.2) is 0 Å². The van der Waals surface area contributed by atoms with Crippen LogP contribution in [0.25, 0.3) is 5.78 Å². The van der Waals surface area contributed by atoms with Gasteiger partial charge in [-0.15, -0.1) is 0 Å². The first-order valence-corrected chi connectivity index (χ1v) is 6.82. The summed E-state index contributed by atoms with van der Waals surface area (Å²) in [6, 6.07) is 4.67. The fourth-order valence-corrected chi connectivity index (χ4v) is 2.39. The van der Waals surface area contributed by atoms with Crippen molar-refractivity contribution in [3.8, 4) is 0 Å². The van der Waals surface area contributed by atoms with Crippen LogP contribution >= 0.6 is 0 Å². The second kappa shape index (κ2) is 5.12. The molecule has 0 saturated carbocycles. The molecule has 0 unspecified atom stereocenters. The van der Waals surface area contributed by atoms with Crippen LogP contribution in [0.2, 0.25) is 0 Å². The Morgan fingerprint density at radius 1 is 1.29 bits per heavy atom. The number of anilines is 2. The van der Waals surface area contributed by atoms with Crippen LogP contribution in [-0.4, -0.2) is 19.6 Å². The van der Waals surface area contributed by atoms with Gasteiger partial charge in [0.05, 0.1) is 0 Å². The minimum absolute atomic E-state index is 0.276. The molecule has 0 aliphatic carbocycles. The summed E-state index contributed by atoms with van der Waals surface area (Å²) in [5.41, 5.74) is 3.61. The highest BCUT2D eigenvalue weighted by molar-refractivity contribution is 5.65. The Kier molecular flexibility index (Phi) is 3.29. The van der Waals surface area contributed by atoms with Gasteiger partial charge in [-0.05, 0) is 38.0 Å². The summed E-state index contributed by atoms with van der Waals surface area (Å²) in [4.78, 5) is 8.55. The van der Waals surface area contributed by atoms with E-state index in [2.05, 4.69) is 27.3 Å². The van der Waals surface area contributed by atoms with Crippen molar-refractivity contribution >= 4 is 17.3 Å². The number of aromatic nitrogens is 4. The molecular formula is C15H16FN5. The molecule has 3 rings (SSSR count). The van der Waals surface area contributed by atoms with Gasteiger partial charge in [0.1, 0.15) is 18.0 Å². The van der Waals surface area contributed by atoms with Gasteiger partial charge in [-0.2, -0.15) is 14.6 Å². The Hall–Kier alpha value is -2.50. The zero-order valence-electron chi connectivity index (χ0n) is 12.2. The largest absolute Gasteiger partial charge is 0.339 e. The SMILES string of the molecule is CCc1c(C)nc2ncnn2c1Nc1cc(F)ccc1C. The van der Waals surface area contributed by atoms with Crippen molar-refractivity contribution in [1.82, 2.24) is 19.6 Å². The van der Waals surface area contributed by atoms with Crippen molar-refractivity contribution in [2.24, 2.45) is 0 Å². The summed E-state index contributed by atoms with van der Waals surface area (Å²) in [5, 5.41) is 7.49. The van der Waals surface area contributed by atoms with Crippen LogP contribution in [0.1, 0.15) is 23.7 Å². The van der Waals surface area contributed by atoms with Crippen LogP contribution in [0.4, 0.5) is 15.9 Å². The first kappa shape index (κ1) is 13.5. The normalized spacial score (nSPS) is 11.0. The van der Waals surface area contributed by atoms with E-state index in [0.717, 1.165) is 29.1 Å². The van der Waals surface area contributed by atoms with Gasteiger partial charge in [0, 0.05) is 16.9 Å². The lowest BCUT2D eigenvalue weighted by Gasteiger charge is -2.15. The Labute approximate surface area is 121 Å². The molecule has 21 heavy (non-hydrogen) atoms. The van der Waals surface area contributed by atoms with E-state index in [9.17, 15) is 4.39 Å². The molecule has 0 fully saturated rings. The van der Waals surface area contributed by atoms with E-state index >= 15 is 0 Å². The summed E-state index contributed by atoms with van der Waals surface area (Å²) in [6.07, 6.45) is 2.26. The summed E-state index contributed by atoms with van der Waals surface area (Å²) >= 11 is 0. The number of rotatable bonds is 3. The van der Waals surface area contributed by atoms with Crippen molar-refractivity contribution in [3.05, 3.63) is 47.2 Å². The number of halogens is 1. The number of hydrogen-bond donors (Lipinski definition) is 1. The lowest BCUT2D eigenvalue weighted by Crippen LogP contribution is -2.09. The standard InChI is InChI=1S/C15H16FN5/c1-4-12-10(3)19-15-17-8-18-21(15)14(12)20-13-7-11(16)6-5-9(13)2/h5-8,20H,4H2,1-3H3. The molecule has 0 aliphatic rings. The lowest BCUT2D eigenvalue weighted by atomic mass is 10.1. The van der Waals surface area contributed by atoms with Crippen LogP contribution in [0.5, 0.6) is 0 Å². The van der Waals surface area contributed by atoms with Crippen LogP contribution in [0.15, 0.2) is 24.5 Å². The van der Waals surface area contributed by atoms with Crippen molar-refractivity contribution in [1.29, 1.82) is 0 Å². The second-order valence-electron chi connectivity index (χ2n) is 4.93. The van der Waals surface area contributed by atoms with E-state index in [1.165, 1.54) is 18.5 Å². The molecule has 6 heteroatoms. The maximum Gasteiger partial charge on any atom is 0.254 e. The molecule has 2 heterocycles. The molecule has 0 bridgehead atoms. The zero-order valence-corrected chi connectivity index (χ0v) is 12.2. The molecule has 1 N–H and O–H groups in total. The van der Waals surface area contributed by atoms with Crippen LogP contribution in [-0.2, 0) is 6.42 Å². The van der Waals surface area contributed by atoms with Gasteiger partial charge in [0.2, 0.25) is 0 Å². The van der Waals surface area contributed by atoms with E-state index in [1.807, 2.05) is 13.8 Å². The van der Waals surface area contributed by atoms with E-state index in [0.29, 0.717) is 11.5 Å². The Morgan fingerprint density at radius 2 is 2.10 bits per heavy atom. The molecule has 0 saturated heterocycles. The Bertz CT molecular complexity index is 809. The summed E-state index contributed by atoms with van der Waals surface area (Å²) in [7, 11) is 0. The van der Waals surface area contributed by atoms with Gasteiger partial charge in [-0.1, -0.05) is 13.0 Å². The molecule has 0 atom stereocenters. The second-order valence-corrected chi connectivity index (χ2v) is 4.93. The highest BCUT2D eigenvalue weighted by Gasteiger charge is 2.14. The maximum atomic E-state index is 13.5. The Morgan fingerprint density at radius 3 is 2.86 bits per heavy atom. The number of hydrogen-bond acceptors (Lipinski definition) is 4. The van der Waals surface area contributed by atoms with Gasteiger partial charge >= 0.3 is 0 Å². The highest BCUT2D eigenvalue weighted by Crippen LogP contribution is 2.26. The molecule has 1 aromatic carbocycles. The van der Waals surface area contributed by atoms with Crippen molar-refractivity contribution in [2.75, 3.05) is 5.32 Å². The predicted molar refractivity (Wildman–Crippen MR) is 79.3 cm³/mol. The minimum atomic E-state index is -0.276. The van der Waals surface area contributed by atoms with Gasteiger partial charge < -0.3 is 5.32 Å². The molecule has 0 amide bonds. The molecule has 5 nitrogen and oxygen atoms in total. The van der Waals surface area contributed by atoms with E-state index < -0.39 is 0 Å². The van der Waals surface area contributed by atoms with Gasteiger partial charge in [0.25, 0.3) is 5.78 Å². The average molecular weight is 285 g/mol. The van der Waals surface area contributed by atoms with Crippen LogP contribution in [0.3, 0.4) is 0 Å². The molecular weight excluding hydrogens is 269 g/mol. The topological polar surface area (TPSA) is 55.1 Å². The summed E-state index contributed by atoms with van der Waals surface area (Å²) in [5.74, 6) is 1.04. The quantitative estimate of drug-likeness (QED) is 0.803. The first-order valence-electron chi connectivity index (χ1n) is 6.82. The molecule has 0 aliphatic heterocycles. The minimum Gasteiger partial charge on any atom is -0.339 e. The molecule has 108 valence electrons. The number of nitrogens with one attached hydrogen (secondary N) is 1. The van der Waals surface area contributed by atoms with Gasteiger partial charge in [-0.25, -0.2) is 9.37 Å². The summed E-state index contributed by atoms with van der Waals surface area (Å²) < 4.78 is 15.1. The van der Waals surface area contributed by atoms with Crippen molar-refractivity contribution in [2.45, 2.75) is 27.2 Å². The van der Waals surface area contributed by atoms with E-state index in [4.69, 9.17) is 0 Å². The monoisotopic (exact) mass is 285 g/mol.